The standard InChI is InChI=1S/C25H40N4O2/c1-20-9-8-16-29(18-20)19-22-11-6-5-10-21(22)17-27-24(30)14-7-15-26-25(31)28-23-12-3-2-4-13-23/h5-6,10-11,20,23H,2-4,7-9,12-19H2,1H3,(H,27,30)(H2,26,28,31). The zero-order chi connectivity index (χ0) is 21.9. The molecule has 6 nitrogen and oxygen atoms in total. The van der Waals surface area contributed by atoms with Crippen LogP contribution >= 0.6 is 0 Å². The van der Waals surface area contributed by atoms with E-state index >= 15 is 0 Å². The molecule has 3 amide bonds. The maximum Gasteiger partial charge on any atom is 0.315 e. The first-order chi connectivity index (χ1) is 15.1. The predicted molar refractivity (Wildman–Crippen MR) is 125 cm³/mol. The number of benzene rings is 1. The van der Waals surface area contributed by atoms with Gasteiger partial charge in [-0.3, -0.25) is 9.69 Å². The van der Waals surface area contributed by atoms with Gasteiger partial charge in [0.25, 0.3) is 0 Å². The molecule has 1 aliphatic carbocycles. The summed E-state index contributed by atoms with van der Waals surface area (Å²) < 4.78 is 0. The molecule has 1 unspecified atom stereocenters. The third-order valence-corrected chi connectivity index (χ3v) is 6.54. The van der Waals surface area contributed by atoms with Gasteiger partial charge in [-0.1, -0.05) is 50.5 Å². The molecule has 1 aromatic carbocycles. The Morgan fingerprint density at radius 1 is 1.00 bits per heavy atom. The Morgan fingerprint density at radius 3 is 2.55 bits per heavy atom. The topological polar surface area (TPSA) is 73.5 Å². The second kappa shape index (κ2) is 12.7. The Kier molecular flexibility index (Phi) is 9.66. The second-order valence-corrected chi connectivity index (χ2v) is 9.37. The molecule has 1 aromatic rings. The summed E-state index contributed by atoms with van der Waals surface area (Å²) in [6.45, 7) is 6.68. The average molecular weight is 429 g/mol. The van der Waals surface area contributed by atoms with E-state index in [2.05, 4.69) is 46.0 Å². The number of hydrogen-bond donors (Lipinski definition) is 3. The number of carbonyl (C=O) groups is 2. The number of amides is 3. The van der Waals surface area contributed by atoms with Gasteiger partial charge in [0.05, 0.1) is 0 Å². The lowest BCUT2D eigenvalue weighted by Gasteiger charge is -2.31. The van der Waals surface area contributed by atoms with Crippen molar-refractivity contribution in [1.29, 1.82) is 0 Å². The van der Waals surface area contributed by atoms with Crippen molar-refractivity contribution in [2.24, 2.45) is 5.92 Å². The largest absolute Gasteiger partial charge is 0.352 e. The lowest BCUT2D eigenvalue weighted by molar-refractivity contribution is -0.121. The van der Waals surface area contributed by atoms with Crippen LogP contribution < -0.4 is 16.0 Å². The quantitative estimate of drug-likeness (QED) is 0.522. The fourth-order valence-corrected chi connectivity index (χ4v) is 4.77. The van der Waals surface area contributed by atoms with Crippen LogP contribution in [0.1, 0.15) is 75.8 Å². The summed E-state index contributed by atoms with van der Waals surface area (Å²) in [6.07, 6.45) is 9.50. The molecule has 172 valence electrons. The van der Waals surface area contributed by atoms with Gasteiger partial charge in [-0.15, -0.1) is 0 Å². The minimum absolute atomic E-state index is 0.0379. The number of carbonyl (C=O) groups excluding carboxylic acids is 2. The van der Waals surface area contributed by atoms with Crippen molar-refractivity contribution in [3.8, 4) is 0 Å². The smallest absolute Gasteiger partial charge is 0.315 e. The zero-order valence-electron chi connectivity index (χ0n) is 19.1. The van der Waals surface area contributed by atoms with Gasteiger partial charge < -0.3 is 16.0 Å². The first kappa shape index (κ1) is 23.6. The van der Waals surface area contributed by atoms with Gasteiger partial charge in [-0.05, 0) is 55.7 Å². The highest BCUT2D eigenvalue weighted by atomic mass is 16.2. The van der Waals surface area contributed by atoms with E-state index < -0.39 is 0 Å². The molecule has 0 aromatic heterocycles. The fourth-order valence-electron chi connectivity index (χ4n) is 4.77. The third-order valence-electron chi connectivity index (χ3n) is 6.54. The predicted octanol–water partition coefficient (Wildman–Crippen LogP) is 3.95. The number of rotatable bonds is 9. The maximum absolute atomic E-state index is 12.3. The minimum Gasteiger partial charge on any atom is -0.352 e. The van der Waals surface area contributed by atoms with Gasteiger partial charge in [-0.2, -0.15) is 0 Å². The molecule has 1 heterocycles. The van der Waals surface area contributed by atoms with E-state index in [4.69, 9.17) is 0 Å². The summed E-state index contributed by atoms with van der Waals surface area (Å²) in [4.78, 5) is 26.8. The number of nitrogens with one attached hydrogen (secondary N) is 3. The van der Waals surface area contributed by atoms with E-state index in [9.17, 15) is 9.59 Å². The molecular weight excluding hydrogens is 388 g/mol. The molecule has 0 spiro atoms. The molecule has 1 aliphatic heterocycles. The minimum atomic E-state index is -0.103. The van der Waals surface area contributed by atoms with E-state index in [1.807, 2.05) is 6.07 Å². The molecule has 6 heteroatoms. The Labute approximate surface area is 187 Å². The summed E-state index contributed by atoms with van der Waals surface area (Å²) in [5, 5.41) is 8.98. The van der Waals surface area contributed by atoms with Crippen molar-refractivity contribution in [3.63, 3.8) is 0 Å². The monoisotopic (exact) mass is 428 g/mol. The van der Waals surface area contributed by atoms with Crippen molar-refractivity contribution >= 4 is 11.9 Å². The van der Waals surface area contributed by atoms with Crippen molar-refractivity contribution in [2.45, 2.75) is 83.8 Å². The van der Waals surface area contributed by atoms with Crippen LogP contribution in [0.15, 0.2) is 24.3 Å². The number of nitrogens with zero attached hydrogens (tertiary/aromatic N) is 1. The fraction of sp³-hybridized carbons (Fsp3) is 0.680. The second-order valence-electron chi connectivity index (χ2n) is 9.37. The molecule has 1 atom stereocenters. The molecule has 3 N–H and O–H groups in total. The number of likely N-dealkylation sites (tertiary alicyclic amines) is 1. The third kappa shape index (κ3) is 8.52. The van der Waals surface area contributed by atoms with Gasteiger partial charge in [0, 0.05) is 38.6 Å². The van der Waals surface area contributed by atoms with Crippen molar-refractivity contribution in [3.05, 3.63) is 35.4 Å². The molecule has 3 rings (SSSR count). The average Bonchev–Trinajstić information content (AvgIpc) is 2.77. The van der Waals surface area contributed by atoms with Gasteiger partial charge in [0.15, 0.2) is 0 Å². The summed E-state index contributed by atoms with van der Waals surface area (Å²) in [5.41, 5.74) is 2.50. The van der Waals surface area contributed by atoms with E-state index in [0.29, 0.717) is 32.0 Å². The molecule has 31 heavy (non-hydrogen) atoms. The van der Waals surface area contributed by atoms with Crippen molar-refractivity contribution < 1.29 is 9.59 Å². The van der Waals surface area contributed by atoms with Gasteiger partial charge in [-0.25, -0.2) is 4.79 Å². The van der Waals surface area contributed by atoms with Crippen LogP contribution in [0.2, 0.25) is 0 Å². The van der Waals surface area contributed by atoms with Crippen LogP contribution in [-0.2, 0) is 17.9 Å². The Bertz CT molecular complexity index is 703. The van der Waals surface area contributed by atoms with E-state index in [1.54, 1.807) is 0 Å². The summed E-state index contributed by atoms with van der Waals surface area (Å²) >= 11 is 0. The lowest BCUT2D eigenvalue weighted by Crippen LogP contribution is -2.43. The number of urea groups is 1. The SMILES string of the molecule is CC1CCCN(Cc2ccccc2CNC(=O)CCCNC(=O)NC2CCCCC2)C1. The normalized spacial score (nSPS) is 20.2. The number of piperidine rings is 1. The first-order valence-corrected chi connectivity index (χ1v) is 12.2. The van der Waals surface area contributed by atoms with E-state index in [-0.39, 0.29) is 11.9 Å². The Balaban J connectivity index is 1.32. The lowest BCUT2D eigenvalue weighted by atomic mass is 9.96. The van der Waals surface area contributed by atoms with Crippen molar-refractivity contribution in [1.82, 2.24) is 20.9 Å². The van der Waals surface area contributed by atoms with Crippen LogP contribution in [0.3, 0.4) is 0 Å². The molecule has 1 saturated carbocycles. The van der Waals surface area contributed by atoms with Crippen LogP contribution in [0.25, 0.3) is 0 Å². The Morgan fingerprint density at radius 2 is 1.77 bits per heavy atom. The highest BCUT2D eigenvalue weighted by Crippen LogP contribution is 2.20. The van der Waals surface area contributed by atoms with Crippen molar-refractivity contribution in [2.75, 3.05) is 19.6 Å². The highest BCUT2D eigenvalue weighted by Gasteiger charge is 2.18. The van der Waals surface area contributed by atoms with Crippen LogP contribution in [0, 0.1) is 5.92 Å². The van der Waals surface area contributed by atoms with Gasteiger partial charge >= 0.3 is 6.03 Å². The van der Waals surface area contributed by atoms with Gasteiger partial charge in [0.1, 0.15) is 0 Å². The molecule has 2 fully saturated rings. The first-order valence-electron chi connectivity index (χ1n) is 12.2. The van der Waals surface area contributed by atoms with Crippen LogP contribution in [0.4, 0.5) is 4.79 Å². The highest BCUT2D eigenvalue weighted by molar-refractivity contribution is 5.76. The Hall–Kier alpha value is -2.08. The zero-order valence-corrected chi connectivity index (χ0v) is 19.1. The van der Waals surface area contributed by atoms with Gasteiger partial charge in [0.2, 0.25) is 5.91 Å². The molecule has 0 radical (unpaired) electrons. The summed E-state index contributed by atoms with van der Waals surface area (Å²) in [5.74, 6) is 0.801. The van der Waals surface area contributed by atoms with Crippen LogP contribution in [0.5, 0.6) is 0 Å². The molecule has 2 aliphatic rings. The maximum atomic E-state index is 12.3. The van der Waals surface area contributed by atoms with Crippen LogP contribution in [-0.4, -0.2) is 42.5 Å². The molecule has 0 bridgehead atoms. The summed E-state index contributed by atoms with van der Waals surface area (Å²) in [6, 6.07) is 8.62. The summed E-state index contributed by atoms with van der Waals surface area (Å²) in [7, 11) is 0. The molecular formula is C25H40N4O2. The van der Waals surface area contributed by atoms with E-state index in [0.717, 1.165) is 38.4 Å². The number of hydrogen-bond acceptors (Lipinski definition) is 3. The molecule has 1 saturated heterocycles. The van der Waals surface area contributed by atoms with E-state index in [1.165, 1.54) is 43.2 Å².